The highest BCUT2D eigenvalue weighted by atomic mass is 16.5. The first-order valence-corrected chi connectivity index (χ1v) is 12.4. The number of aromatic nitrogens is 1. The molecule has 188 valence electrons. The van der Waals surface area contributed by atoms with Crippen molar-refractivity contribution in [3.8, 4) is 5.75 Å². The smallest absolute Gasteiger partial charge is 0.259 e. The van der Waals surface area contributed by atoms with E-state index in [1.807, 2.05) is 0 Å². The summed E-state index contributed by atoms with van der Waals surface area (Å²) in [5, 5.41) is 51.8. The predicted octanol–water partition coefficient (Wildman–Crippen LogP) is 2.09. The topological polar surface area (TPSA) is 132 Å². The molecule has 1 aliphatic carbocycles. The lowest BCUT2D eigenvalue weighted by Crippen LogP contribution is -2.32. The van der Waals surface area contributed by atoms with Crippen LogP contribution < -0.4 is 5.56 Å². The first kappa shape index (κ1) is 26.2. The van der Waals surface area contributed by atoms with Gasteiger partial charge in [-0.25, -0.2) is 0 Å². The SMILES string of the molecule is CC[C@H](C)C[C@H](C)CC[C@H]1CCC[C@@H](c2c(O)c(C3[C@@H](O)[C@@H](O)[C@H](O)[C@H]3O)cn(C)c2=O)O1. The highest BCUT2D eigenvalue weighted by Crippen LogP contribution is 2.43. The number of aliphatic hydroxyl groups is 4. The van der Waals surface area contributed by atoms with Crippen LogP contribution in [0.25, 0.3) is 0 Å². The van der Waals surface area contributed by atoms with Crippen molar-refractivity contribution in [1.29, 1.82) is 0 Å². The largest absolute Gasteiger partial charge is 0.507 e. The monoisotopic (exact) mass is 467 g/mol. The lowest BCUT2D eigenvalue weighted by Gasteiger charge is -2.32. The maximum atomic E-state index is 13.0. The highest BCUT2D eigenvalue weighted by molar-refractivity contribution is 5.44. The molecule has 8 nitrogen and oxygen atoms in total. The molecule has 1 saturated heterocycles. The quantitative estimate of drug-likeness (QED) is 0.395. The molecule has 1 aromatic heterocycles. The van der Waals surface area contributed by atoms with Gasteiger partial charge >= 0.3 is 0 Å². The number of aryl methyl sites for hydroxylation is 1. The molecule has 0 spiro atoms. The molecule has 0 radical (unpaired) electrons. The van der Waals surface area contributed by atoms with Crippen LogP contribution in [0.1, 0.15) is 88.9 Å². The molecule has 1 saturated carbocycles. The third-order valence-corrected chi connectivity index (χ3v) is 7.71. The maximum absolute atomic E-state index is 13.0. The molecule has 2 aliphatic rings. The molecule has 0 bridgehead atoms. The van der Waals surface area contributed by atoms with E-state index in [1.165, 1.54) is 30.7 Å². The van der Waals surface area contributed by atoms with Crippen LogP contribution in [0.5, 0.6) is 5.75 Å². The van der Waals surface area contributed by atoms with Crippen LogP contribution in [0.15, 0.2) is 11.0 Å². The van der Waals surface area contributed by atoms with E-state index in [1.54, 1.807) is 0 Å². The van der Waals surface area contributed by atoms with E-state index >= 15 is 0 Å². The minimum Gasteiger partial charge on any atom is -0.507 e. The summed E-state index contributed by atoms with van der Waals surface area (Å²) in [5.41, 5.74) is -0.159. The van der Waals surface area contributed by atoms with Crippen LogP contribution in [0, 0.1) is 11.8 Å². The molecule has 0 amide bonds. The van der Waals surface area contributed by atoms with Gasteiger partial charge in [0.25, 0.3) is 5.56 Å². The van der Waals surface area contributed by atoms with Crippen molar-refractivity contribution in [2.24, 2.45) is 18.9 Å². The minimum absolute atomic E-state index is 0.00204. The van der Waals surface area contributed by atoms with Gasteiger partial charge in [-0.2, -0.15) is 0 Å². The Kier molecular flexibility index (Phi) is 8.61. The zero-order chi connectivity index (χ0) is 24.4. The van der Waals surface area contributed by atoms with E-state index in [-0.39, 0.29) is 23.0 Å². The molecule has 1 aliphatic heterocycles. The van der Waals surface area contributed by atoms with E-state index in [9.17, 15) is 30.3 Å². The van der Waals surface area contributed by atoms with Gasteiger partial charge in [0.2, 0.25) is 0 Å². The number of hydrogen-bond acceptors (Lipinski definition) is 7. The van der Waals surface area contributed by atoms with E-state index in [4.69, 9.17) is 4.74 Å². The van der Waals surface area contributed by atoms with Crippen LogP contribution in [-0.4, -0.2) is 60.6 Å². The second-order valence-corrected chi connectivity index (χ2v) is 10.4. The molecule has 33 heavy (non-hydrogen) atoms. The number of hydrogen-bond donors (Lipinski definition) is 5. The van der Waals surface area contributed by atoms with E-state index in [0.29, 0.717) is 18.3 Å². The maximum Gasteiger partial charge on any atom is 0.259 e. The van der Waals surface area contributed by atoms with Gasteiger partial charge in [0, 0.05) is 24.7 Å². The van der Waals surface area contributed by atoms with Gasteiger partial charge < -0.3 is 34.8 Å². The van der Waals surface area contributed by atoms with Crippen LogP contribution >= 0.6 is 0 Å². The fourth-order valence-electron chi connectivity index (χ4n) is 5.47. The summed E-state index contributed by atoms with van der Waals surface area (Å²) in [7, 11) is 1.53. The number of rotatable bonds is 8. The lowest BCUT2D eigenvalue weighted by molar-refractivity contribution is -0.0589. The summed E-state index contributed by atoms with van der Waals surface area (Å²) in [6, 6.07) is 0. The fraction of sp³-hybridized carbons (Fsp3) is 0.800. The molecule has 2 fully saturated rings. The Bertz CT molecular complexity index is 842. The molecular formula is C25H41NO7. The van der Waals surface area contributed by atoms with Crippen molar-refractivity contribution in [3.63, 3.8) is 0 Å². The Balaban J connectivity index is 1.81. The van der Waals surface area contributed by atoms with E-state index < -0.39 is 42.0 Å². The zero-order valence-electron chi connectivity index (χ0n) is 20.2. The van der Waals surface area contributed by atoms with Gasteiger partial charge in [-0.15, -0.1) is 0 Å². The first-order chi connectivity index (χ1) is 15.6. The summed E-state index contributed by atoms with van der Waals surface area (Å²) >= 11 is 0. The minimum atomic E-state index is -1.54. The van der Waals surface area contributed by atoms with Crippen molar-refractivity contribution in [2.45, 2.75) is 108 Å². The summed E-state index contributed by atoms with van der Waals surface area (Å²) in [6.07, 6.45) is 1.39. The van der Waals surface area contributed by atoms with Gasteiger partial charge in [-0.3, -0.25) is 4.79 Å². The van der Waals surface area contributed by atoms with Crippen LogP contribution in [0.2, 0.25) is 0 Å². The number of aliphatic hydroxyl groups excluding tert-OH is 4. The Morgan fingerprint density at radius 1 is 1.06 bits per heavy atom. The number of aromatic hydroxyl groups is 1. The molecule has 0 aromatic carbocycles. The summed E-state index contributed by atoms with van der Waals surface area (Å²) in [6.45, 7) is 6.74. The van der Waals surface area contributed by atoms with Crippen molar-refractivity contribution in [1.82, 2.24) is 4.57 Å². The molecular weight excluding hydrogens is 426 g/mol. The van der Waals surface area contributed by atoms with Crippen LogP contribution in [0.4, 0.5) is 0 Å². The van der Waals surface area contributed by atoms with Gasteiger partial charge in [-0.05, 0) is 50.4 Å². The van der Waals surface area contributed by atoms with E-state index in [0.717, 1.165) is 25.7 Å². The molecule has 1 unspecified atom stereocenters. The lowest BCUT2D eigenvalue weighted by atomic mass is 9.88. The molecule has 8 heteroatoms. The van der Waals surface area contributed by atoms with Gasteiger partial charge in [0.15, 0.2) is 0 Å². The van der Waals surface area contributed by atoms with Gasteiger partial charge in [0.1, 0.15) is 18.0 Å². The van der Waals surface area contributed by atoms with Crippen molar-refractivity contribution in [2.75, 3.05) is 0 Å². The third-order valence-electron chi connectivity index (χ3n) is 7.71. The molecule has 5 N–H and O–H groups in total. The van der Waals surface area contributed by atoms with E-state index in [2.05, 4.69) is 20.8 Å². The Hall–Kier alpha value is -1.45. The van der Waals surface area contributed by atoms with Crippen LogP contribution in [-0.2, 0) is 11.8 Å². The first-order valence-electron chi connectivity index (χ1n) is 12.4. The van der Waals surface area contributed by atoms with Crippen molar-refractivity contribution < 1.29 is 30.3 Å². The van der Waals surface area contributed by atoms with Gasteiger partial charge in [-0.1, -0.05) is 27.2 Å². The summed E-state index contributed by atoms with van der Waals surface area (Å²) in [5.74, 6) is -0.169. The normalized spacial score (nSPS) is 34.4. The second-order valence-electron chi connectivity index (χ2n) is 10.4. The predicted molar refractivity (Wildman–Crippen MR) is 124 cm³/mol. The Morgan fingerprint density at radius 3 is 2.30 bits per heavy atom. The van der Waals surface area contributed by atoms with Crippen molar-refractivity contribution in [3.05, 3.63) is 27.7 Å². The average Bonchev–Trinajstić information content (AvgIpc) is 2.98. The third kappa shape index (κ3) is 5.46. The number of nitrogens with zero attached hydrogens (tertiary/aromatic N) is 1. The van der Waals surface area contributed by atoms with Gasteiger partial charge in [0.05, 0.1) is 30.0 Å². The fourth-order valence-corrected chi connectivity index (χ4v) is 5.47. The van der Waals surface area contributed by atoms with Crippen LogP contribution in [0.3, 0.4) is 0 Å². The summed E-state index contributed by atoms with van der Waals surface area (Å²) in [4.78, 5) is 13.0. The Morgan fingerprint density at radius 2 is 1.70 bits per heavy atom. The molecule has 9 atom stereocenters. The number of ether oxygens (including phenoxy) is 1. The molecule has 1 aromatic rings. The number of pyridine rings is 1. The average molecular weight is 468 g/mol. The Labute approximate surface area is 195 Å². The second kappa shape index (κ2) is 10.9. The van der Waals surface area contributed by atoms with Crippen molar-refractivity contribution >= 4 is 0 Å². The molecule has 2 heterocycles. The highest BCUT2D eigenvalue weighted by Gasteiger charge is 2.50. The molecule has 3 rings (SSSR count). The standard InChI is InChI=1S/C25H41NO7/c1-5-13(2)11-14(3)9-10-15-7-6-8-17(33-15)19-20(27)16(12-26(4)25(19)32)18-21(28)23(30)24(31)22(18)29/h12-15,17-18,21-24,27-31H,5-11H2,1-4H3/t13-,14+,15+,17-,18?,21-,22+,23+,24+/m0/s1. The summed E-state index contributed by atoms with van der Waals surface area (Å²) < 4.78 is 7.58. The zero-order valence-corrected chi connectivity index (χ0v) is 20.2.